The summed E-state index contributed by atoms with van der Waals surface area (Å²) in [7, 11) is -4.94. The standard InChI is InChI=1S/C18H8Cl2F12O4S2.Na/c19-8-1-3-9(4-2-8)38(35,36)10-5-6-12(20)11(7-10)13(21,22)14(23,24)15(25,26)16(27,28)17(29,30)18(31,32)37(33)34;/h1-7H,(H,33,34);/q;+1/p-1. The summed E-state index contributed by atoms with van der Waals surface area (Å²) >= 11 is 5.20. The molecule has 0 bridgehead atoms. The van der Waals surface area contributed by atoms with Gasteiger partial charge in [-0.05, 0) is 42.5 Å². The third-order valence-electron chi connectivity index (χ3n) is 4.86. The third-order valence-corrected chi connectivity index (χ3v) is 7.89. The van der Waals surface area contributed by atoms with Gasteiger partial charge in [0.15, 0.2) is 0 Å². The summed E-state index contributed by atoms with van der Waals surface area (Å²) in [6.45, 7) is 0. The van der Waals surface area contributed by atoms with Crippen LogP contribution >= 0.6 is 23.2 Å². The average molecular weight is 673 g/mol. The smallest absolute Gasteiger partial charge is 0.768 e. The predicted octanol–water partition coefficient (Wildman–Crippen LogP) is 3.94. The maximum absolute atomic E-state index is 14.7. The first-order chi connectivity index (χ1) is 16.8. The minimum atomic E-state index is -8.14. The van der Waals surface area contributed by atoms with Crippen molar-refractivity contribution in [2.75, 3.05) is 0 Å². The molecule has 2 rings (SSSR count). The molecule has 0 aliphatic carbocycles. The number of halogens is 14. The zero-order valence-corrected chi connectivity index (χ0v) is 23.4. The van der Waals surface area contributed by atoms with Crippen molar-refractivity contribution in [1.29, 1.82) is 0 Å². The van der Waals surface area contributed by atoms with Gasteiger partial charge in [0, 0.05) is 21.7 Å². The van der Waals surface area contributed by atoms with E-state index in [0.29, 0.717) is 6.07 Å². The fourth-order valence-electron chi connectivity index (χ4n) is 2.71. The molecule has 2 aromatic rings. The van der Waals surface area contributed by atoms with E-state index in [9.17, 15) is 69.9 Å². The Bertz CT molecular complexity index is 1360. The third kappa shape index (κ3) is 5.56. The second kappa shape index (κ2) is 11.1. The quantitative estimate of drug-likeness (QED) is 0.230. The number of rotatable bonds is 9. The van der Waals surface area contributed by atoms with Gasteiger partial charge in [0.25, 0.3) is 0 Å². The van der Waals surface area contributed by atoms with E-state index in [1.54, 1.807) is 0 Å². The van der Waals surface area contributed by atoms with Crippen molar-refractivity contribution >= 4 is 44.1 Å². The van der Waals surface area contributed by atoms with Crippen molar-refractivity contribution in [3.8, 4) is 0 Å². The fraction of sp³-hybridized carbons (Fsp3) is 0.333. The SMILES string of the molecule is O=S([O-])C(F)(F)C(F)(F)C(F)(F)C(F)(F)C(F)(F)C(F)(F)c1cc(S(=O)(=O)c2ccc(Cl)cc2)ccc1Cl.[Na+]. The van der Waals surface area contributed by atoms with Gasteiger partial charge in [-0.2, -0.15) is 52.7 Å². The molecule has 0 fully saturated rings. The van der Waals surface area contributed by atoms with Crippen molar-refractivity contribution in [1.82, 2.24) is 0 Å². The van der Waals surface area contributed by atoms with Crippen LogP contribution in [0.15, 0.2) is 52.3 Å². The van der Waals surface area contributed by atoms with Gasteiger partial charge in [-0.15, -0.1) is 0 Å². The number of benzene rings is 2. The van der Waals surface area contributed by atoms with Crippen LogP contribution in [0.5, 0.6) is 0 Å². The molecule has 1 unspecified atom stereocenters. The molecule has 0 radical (unpaired) electrons. The van der Waals surface area contributed by atoms with Gasteiger partial charge in [-0.25, -0.2) is 8.42 Å². The predicted molar refractivity (Wildman–Crippen MR) is 106 cm³/mol. The Morgan fingerprint density at radius 2 is 1.08 bits per heavy atom. The molecule has 0 amide bonds. The van der Waals surface area contributed by atoms with E-state index in [4.69, 9.17) is 23.2 Å². The number of hydrogen-bond acceptors (Lipinski definition) is 4. The van der Waals surface area contributed by atoms with E-state index in [1.807, 2.05) is 0 Å². The number of hydrogen-bond donors (Lipinski definition) is 0. The Morgan fingerprint density at radius 1 is 0.667 bits per heavy atom. The molecular weight excluding hydrogens is 666 g/mol. The van der Waals surface area contributed by atoms with Gasteiger partial charge >= 0.3 is 64.4 Å². The molecule has 39 heavy (non-hydrogen) atoms. The van der Waals surface area contributed by atoms with Crippen LogP contribution in [0.2, 0.25) is 10.0 Å². The number of sulfone groups is 1. The Balaban J connectivity index is 0.00000760. The molecular formula is C18H7Cl2F12NaO4S2. The summed E-state index contributed by atoms with van der Waals surface area (Å²) in [5.74, 6) is -38.6. The summed E-state index contributed by atoms with van der Waals surface area (Å²) in [6, 6.07) is 3.58. The topological polar surface area (TPSA) is 74.3 Å². The second-order valence-corrected chi connectivity index (χ2v) is 11.0. The minimum Gasteiger partial charge on any atom is -0.768 e. The van der Waals surface area contributed by atoms with Crippen LogP contribution in [0, 0.1) is 0 Å². The fourth-order valence-corrected chi connectivity index (χ4v) is 4.70. The van der Waals surface area contributed by atoms with Crippen molar-refractivity contribution in [2.45, 2.75) is 44.7 Å². The minimum absolute atomic E-state index is 0. The van der Waals surface area contributed by atoms with E-state index < -0.39 is 82.2 Å². The molecule has 0 saturated carbocycles. The molecule has 0 spiro atoms. The van der Waals surface area contributed by atoms with E-state index >= 15 is 0 Å². The molecule has 2 aromatic carbocycles. The van der Waals surface area contributed by atoms with Gasteiger partial charge in [-0.3, -0.25) is 4.21 Å². The zero-order chi connectivity index (χ0) is 29.9. The maximum atomic E-state index is 14.7. The van der Waals surface area contributed by atoms with E-state index in [1.165, 1.54) is 0 Å². The zero-order valence-electron chi connectivity index (χ0n) is 18.3. The number of alkyl halides is 12. The maximum Gasteiger partial charge on any atom is 1.00 e. The first-order valence-electron chi connectivity index (χ1n) is 8.98. The molecule has 21 heteroatoms. The average Bonchev–Trinajstić information content (AvgIpc) is 2.78. The van der Waals surface area contributed by atoms with Crippen LogP contribution < -0.4 is 29.6 Å². The van der Waals surface area contributed by atoms with Gasteiger partial charge in [-0.1, -0.05) is 23.2 Å². The summed E-state index contributed by atoms with van der Waals surface area (Å²) in [6.07, 6.45) is 0. The van der Waals surface area contributed by atoms with Gasteiger partial charge in [0.1, 0.15) is 0 Å². The first-order valence-corrected chi connectivity index (χ1v) is 12.3. The largest absolute Gasteiger partial charge is 1.00 e. The molecule has 4 nitrogen and oxygen atoms in total. The monoisotopic (exact) mass is 672 g/mol. The molecule has 0 heterocycles. The molecule has 0 aliphatic heterocycles. The van der Waals surface area contributed by atoms with Gasteiger partial charge in [0.2, 0.25) is 9.84 Å². The molecule has 0 saturated heterocycles. The first kappa shape index (κ1) is 36.3. The van der Waals surface area contributed by atoms with Crippen molar-refractivity contribution < 1.29 is 99.4 Å². The Hall–Kier alpha value is -0.760. The van der Waals surface area contributed by atoms with E-state index in [0.717, 1.165) is 24.3 Å². The molecule has 1 atom stereocenters. The summed E-state index contributed by atoms with van der Waals surface area (Å²) in [5, 5.41) is -8.84. The van der Waals surface area contributed by atoms with Crippen molar-refractivity contribution in [3.05, 3.63) is 58.1 Å². The van der Waals surface area contributed by atoms with Gasteiger partial charge in [0.05, 0.1) is 14.8 Å². The van der Waals surface area contributed by atoms with E-state index in [-0.39, 0.29) is 40.6 Å². The second-order valence-electron chi connectivity index (χ2n) is 7.22. The van der Waals surface area contributed by atoms with Crippen LogP contribution in [0.25, 0.3) is 0 Å². The van der Waals surface area contributed by atoms with E-state index in [2.05, 4.69) is 0 Å². The van der Waals surface area contributed by atoms with Crippen LogP contribution in [-0.2, 0) is 26.8 Å². The van der Waals surface area contributed by atoms with Crippen molar-refractivity contribution in [3.63, 3.8) is 0 Å². The summed E-state index contributed by atoms with van der Waals surface area (Å²) in [4.78, 5) is -2.09. The van der Waals surface area contributed by atoms with Crippen LogP contribution in [0.1, 0.15) is 5.56 Å². The Labute approximate surface area is 245 Å². The summed E-state index contributed by atoms with van der Waals surface area (Å²) in [5.41, 5.74) is -2.61. The Kier molecular flexibility index (Phi) is 10.4. The summed E-state index contributed by atoms with van der Waals surface area (Å²) < 4.78 is 212. The molecule has 0 N–H and O–H groups in total. The molecule has 0 aromatic heterocycles. The van der Waals surface area contributed by atoms with Crippen LogP contribution in [0.3, 0.4) is 0 Å². The van der Waals surface area contributed by atoms with Gasteiger partial charge < -0.3 is 4.55 Å². The Morgan fingerprint density at radius 3 is 1.51 bits per heavy atom. The molecule has 214 valence electrons. The van der Waals surface area contributed by atoms with Crippen LogP contribution in [-0.4, -0.2) is 46.1 Å². The van der Waals surface area contributed by atoms with Crippen LogP contribution in [0.4, 0.5) is 52.7 Å². The van der Waals surface area contributed by atoms with Crippen molar-refractivity contribution in [2.24, 2.45) is 0 Å². The molecule has 0 aliphatic rings. The normalized spacial score (nSPS) is 15.1.